The third-order valence-electron chi connectivity index (χ3n) is 6.70. The molecule has 1 aromatic carbocycles. The summed E-state index contributed by atoms with van der Waals surface area (Å²) in [7, 11) is 0. The molecule has 5 nitrogen and oxygen atoms in total. The van der Waals surface area contributed by atoms with Crippen molar-refractivity contribution in [3.8, 4) is 0 Å². The van der Waals surface area contributed by atoms with E-state index in [0.29, 0.717) is 6.54 Å². The first kappa shape index (κ1) is 27.2. The molecule has 3 amide bonds. The van der Waals surface area contributed by atoms with E-state index in [2.05, 4.69) is 22.9 Å². The highest BCUT2D eigenvalue weighted by Crippen LogP contribution is 2.25. The Bertz CT molecular complexity index is 654. The number of anilines is 2. The monoisotopic (exact) mass is 457 g/mol. The first-order valence-electron chi connectivity index (χ1n) is 13.6. The normalized spacial score (nSPS) is 14.1. The van der Waals surface area contributed by atoms with Crippen molar-refractivity contribution >= 4 is 23.3 Å². The lowest BCUT2D eigenvalue weighted by Gasteiger charge is -2.20. The fraction of sp³-hybridized carbons (Fsp3) is 0.714. The van der Waals surface area contributed by atoms with Gasteiger partial charge in [0.1, 0.15) is 0 Å². The number of rotatable bonds is 16. The molecule has 0 unspecified atom stereocenters. The highest BCUT2D eigenvalue weighted by Gasteiger charge is 2.20. The summed E-state index contributed by atoms with van der Waals surface area (Å²) in [5.41, 5.74) is 1.52. The number of amides is 3. The van der Waals surface area contributed by atoms with Gasteiger partial charge in [-0.1, -0.05) is 96.8 Å². The van der Waals surface area contributed by atoms with Crippen molar-refractivity contribution in [1.29, 1.82) is 0 Å². The van der Waals surface area contributed by atoms with Gasteiger partial charge in [-0.25, -0.2) is 4.79 Å². The second-order valence-electron chi connectivity index (χ2n) is 9.67. The van der Waals surface area contributed by atoms with Gasteiger partial charge < -0.3 is 16.0 Å². The molecular formula is C28H47N3O2. The number of hydrogen-bond acceptors (Lipinski definition) is 2. The van der Waals surface area contributed by atoms with Gasteiger partial charge in [-0.3, -0.25) is 4.79 Å². The summed E-state index contributed by atoms with van der Waals surface area (Å²) in [4.78, 5) is 24.4. The fourth-order valence-electron chi connectivity index (χ4n) is 4.59. The van der Waals surface area contributed by atoms with Crippen LogP contribution in [0.15, 0.2) is 24.3 Å². The maximum absolute atomic E-state index is 12.3. The lowest BCUT2D eigenvalue weighted by atomic mass is 9.88. The highest BCUT2D eigenvalue weighted by molar-refractivity contribution is 5.93. The van der Waals surface area contributed by atoms with E-state index in [-0.39, 0.29) is 17.9 Å². The molecule has 0 spiro atoms. The average molecular weight is 458 g/mol. The van der Waals surface area contributed by atoms with E-state index in [0.717, 1.165) is 43.5 Å². The summed E-state index contributed by atoms with van der Waals surface area (Å²) in [6, 6.07) is 7.19. The Labute approximate surface area is 201 Å². The zero-order valence-electron chi connectivity index (χ0n) is 20.9. The van der Waals surface area contributed by atoms with Gasteiger partial charge in [0.05, 0.1) is 0 Å². The Hall–Kier alpha value is -2.04. The Kier molecular flexibility index (Phi) is 14.4. The SMILES string of the molecule is CCCCCCCCCCCCCCNC(=O)Nc1ccc(NC(=O)C2CCCCC2)cc1. The summed E-state index contributed by atoms with van der Waals surface area (Å²) < 4.78 is 0. The van der Waals surface area contributed by atoms with E-state index in [4.69, 9.17) is 0 Å². The third kappa shape index (κ3) is 12.7. The van der Waals surface area contributed by atoms with Crippen molar-refractivity contribution in [2.24, 2.45) is 5.92 Å². The van der Waals surface area contributed by atoms with Gasteiger partial charge in [-0.2, -0.15) is 0 Å². The zero-order valence-corrected chi connectivity index (χ0v) is 20.9. The molecule has 0 radical (unpaired) electrons. The molecule has 0 aromatic heterocycles. The molecule has 1 aromatic rings. The standard InChI is InChI=1S/C28H47N3O2/c1-2-3-4-5-6-7-8-9-10-11-12-16-23-29-28(33)31-26-21-19-25(20-22-26)30-27(32)24-17-14-13-15-18-24/h19-22,24H,2-18,23H2,1H3,(H,30,32)(H2,29,31,33). The summed E-state index contributed by atoms with van der Waals surface area (Å²) in [6.07, 6.45) is 21.3. The van der Waals surface area contributed by atoms with Crippen LogP contribution in [0, 0.1) is 5.92 Å². The number of hydrogen-bond donors (Lipinski definition) is 3. The molecule has 2 rings (SSSR count). The molecular weight excluding hydrogens is 410 g/mol. The molecule has 33 heavy (non-hydrogen) atoms. The minimum absolute atomic E-state index is 0.121. The van der Waals surface area contributed by atoms with Crippen LogP contribution in [0.4, 0.5) is 16.2 Å². The summed E-state index contributed by atoms with van der Waals surface area (Å²) in [5.74, 6) is 0.262. The van der Waals surface area contributed by atoms with Crippen molar-refractivity contribution in [1.82, 2.24) is 5.32 Å². The molecule has 0 bridgehead atoms. The van der Waals surface area contributed by atoms with Gasteiger partial charge in [0.25, 0.3) is 0 Å². The van der Waals surface area contributed by atoms with E-state index >= 15 is 0 Å². The zero-order chi connectivity index (χ0) is 23.6. The minimum Gasteiger partial charge on any atom is -0.338 e. The number of urea groups is 1. The fourth-order valence-corrected chi connectivity index (χ4v) is 4.59. The van der Waals surface area contributed by atoms with Crippen LogP contribution >= 0.6 is 0 Å². The molecule has 0 atom stereocenters. The summed E-state index contributed by atoms with van der Waals surface area (Å²) >= 11 is 0. The first-order valence-corrected chi connectivity index (χ1v) is 13.6. The number of unbranched alkanes of at least 4 members (excludes halogenated alkanes) is 11. The van der Waals surface area contributed by atoms with Crippen molar-refractivity contribution in [2.45, 2.75) is 116 Å². The Balaban J connectivity index is 1.46. The van der Waals surface area contributed by atoms with E-state index in [1.165, 1.54) is 77.0 Å². The second-order valence-corrected chi connectivity index (χ2v) is 9.67. The Morgan fingerprint density at radius 2 is 1.18 bits per heavy atom. The molecule has 0 saturated heterocycles. The lowest BCUT2D eigenvalue weighted by molar-refractivity contribution is -0.120. The third-order valence-corrected chi connectivity index (χ3v) is 6.70. The van der Waals surface area contributed by atoms with Crippen molar-refractivity contribution in [3.05, 3.63) is 24.3 Å². The molecule has 1 aliphatic rings. The maximum Gasteiger partial charge on any atom is 0.319 e. The molecule has 0 aliphatic heterocycles. The highest BCUT2D eigenvalue weighted by atomic mass is 16.2. The first-order chi connectivity index (χ1) is 16.2. The van der Waals surface area contributed by atoms with Gasteiger partial charge in [-0.15, -0.1) is 0 Å². The van der Waals surface area contributed by atoms with Gasteiger partial charge in [0.2, 0.25) is 5.91 Å². The molecule has 186 valence electrons. The van der Waals surface area contributed by atoms with Crippen LogP contribution in [0.3, 0.4) is 0 Å². The number of benzene rings is 1. The molecule has 1 aliphatic carbocycles. The van der Waals surface area contributed by atoms with Gasteiger partial charge >= 0.3 is 6.03 Å². The van der Waals surface area contributed by atoms with Crippen LogP contribution in [-0.4, -0.2) is 18.5 Å². The lowest BCUT2D eigenvalue weighted by Crippen LogP contribution is -2.29. The number of carbonyl (C=O) groups is 2. The van der Waals surface area contributed by atoms with Crippen molar-refractivity contribution in [3.63, 3.8) is 0 Å². The predicted molar refractivity (Wildman–Crippen MR) is 140 cm³/mol. The topological polar surface area (TPSA) is 70.2 Å². The van der Waals surface area contributed by atoms with Crippen LogP contribution in [-0.2, 0) is 4.79 Å². The minimum atomic E-state index is -0.169. The molecule has 1 saturated carbocycles. The van der Waals surface area contributed by atoms with Crippen LogP contribution in [0.2, 0.25) is 0 Å². The molecule has 3 N–H and O–H groups in total. The van der Waals surface area contributed by atoms with Crippen molar-refractivity contribution in [2.75, 3.05) is 17.2 Å². The quantitative estimate of drug-likeness (QED) is 0.220. The van der Waals surface area contributed by atoms with Crippen LogP contribution in [0.5, 0.6) is 0 Å². The van der Waals surface area contributed by atoms with Gasteiger partial charge in [-0.05, 0) is 43.5 Å². The van der Waals surface area contributed by atoms with Crippen LogP contribution < -0.4 is 16.0 Å². The number of carbonyl (C=O) groups excluding carboxylic acids is 2. The van der Waals surface area contributed by atoms with Gasteiger partial charge in [0.15, 0.2) is 0 Å². The van der Waals surface area contributed by atoms with Crippen LogP contribution in [0.1, 0.15) is 116 Å². The van der Waals surface area contributed by atoms with E-state index < -0.39 is 0 Å². The van der Waals surface area contributed by atoms with Crippen molar-refractivity contribution < 1.29 is 9.59 Å². The largest absolute Gasteiger partial charge is 0.338 e. The van der Waals surface area contributed by atoms with E-state index in [9.17, 15) is 9.59 Å². The van der Waals surface area contributed by atoms with E-state index in [1.807, 2.05) is 24.3 Å². The molecule has 1 fully saturated rings. The predicted octanol–water partition coefficient (Wildman–Crippen LogP) is 8.03. The molecule has 0 heterocycles. The maximum atomic E-state index is 12.3. The van der Waals surface area contributed by atoms with Crippen LogP contribution in [0.25, 0.3) is 0 Å². The second kappa shape index (κ2) is 17.4. The average Bonchev–Trinajstić information content (AvgIpc) is 2.84. The Morgan fingerprint density at radius 1 is 0.697 bits per heavy atom. The summed E-state index contributed by atoms with van der Waals surface area (Å²) in [6.45, 7) is 2.97. The molecule has 5 heteroatoms. The van der Waals surface area contributed by atoms with E-state index in [1.54, 1.807) is 0 Å². The number of nitrogens with one attached hydrogen (secondary N) is 3. The Morgan fingerprint density at radius 3 is 1.73 bits per heavy atom. The smallest absolute Gasteiger partial charge is 0.319 e. The van der Waals surface area contributed by atoms with Gasteiger partial charge in [0, 0.05) is 23.8 Å². The summed E-state index contributed by atoms with van der Waals surface area (Å²) in [5, 5.41) is 8.81.